The number of aryl methyl sites for hydroxylation is 2. The fourth-order valence-corrected chi connectivity index (χ4v) is 3.03. The Bertz CT molecular complexity index is 942. The summed E-state index contributed by atoms with van der Waals surface area (Å²) in [6.45, 7) is 3.85. The summed E-state index contributed by atoms with van der Waals surface area (Å²) >= 11 is 1.30. The van der Waals surface area contributed by atoms with E-state index in [0.29, 0.717) is 22.2 Å². The third kappa shape index (κ3) is 3.36. The molecule has 0 aliphatic rings. The quantitative estimate of drug-likeness (QED) is 0.734. The van der Waals surface area contributed by atoms with E-state index in [-0.39, 0.29) is 11.7 Å². The molecule has 8 heteroatoms. The van der Waals surface area contributed by atoms with E-state index in [0.717, 1.165) is 11.4 Å². The van der Waals surface area contributed by atoms with E-state index in [9.17, 15) is 4.79 Å². The van der Waals surface area contributed by atoms with E-state index in [1.807, 2.05) is 30.4 Å². The number of carbonyl (C=O) groups is 1. The Morgan fingerprint density at radius 2 is 2.04 bits per heavy atom. The van der Waals surface area contributed by atoms with Gasteiger partial charge in [-0.25, -0.2) is 4.98 Å². The molecule has 2 aromatic heterocycles. The van der Waals surface area contributed by atoms with Crippen LogP contribution in [0, 0.1) is 25.2 Å². The lowest BCUT2D eigenvalue weighted by Gasteiger charge is -2.06. The molecule has 0 aliphatic carbocycles. The van der Waals surface area contributed by atoms with Crippen LogP contribution in [0.2, 0.25) is 0 Å². The van der Waals surface area contributed by atoms with Gasteiger partial charge in [0.25, 0.3) is 5.78 Å². The number of nitrogens with zero attached hydrogens (tertiary/aromatic N) is 5. The summed E-state index contributed by atoms with van der Waals surface area (Å²) in [7, 11) is 0. The smallest absolute Gasteiger partial charge is 0.256 e. The predicted molar refractivity (Wildman–Crippen MR) is 90.8 cm³/mol. The van der Waals surface area contributed by atoms with E-state index < -0.39 is 0 Å². The number of carbonyl (C=O) groups excluding carboxylic acids is 1. The van der Waals surface area contributed by atoms with Crippen LogP contribution in [-0.4, -0.2) is 31.2 Å². The Morgan fingerprint density at radius 1 is 1.29 bits per heavy atom. The minimum absolute atomic E-state index is 0.154. The highest BCUT2D eigenvalue weighted by atomic mass is 32.2. The summed E-state index contributed by atoms with van der Waals surface area (Å²) < 4.78 is 1.83. The summed E-state index contributed by atoms with van der Waals surface area (Å²) in [5, 5.41) is 20.3. The van der Waals surface area contributed by atoms with Crippen LogP contribution in [-0.2, 0) is 4.79 Å². The van der Waals surface area contributed by atoms with Crippen LogP contribution >= 0.6 is 11.8 Å². The van der Waals surface area contributed by atoms with Crippen molar-refractivity contribution in [1.29, 1.82) is 5.26 Å². The molecule has 3 rings (SSSR count). The third-order valence-corrected chi connectivity index (χ3v) is 4.22. The van der Waals surface area contributed by atoms with Gasteiger partial charge in [-0.15, -0.1) is 10.2 Å². The number of rotatable bonds is 4. The van der Waals surface area contributed by atoms with Crippen molar-refractivity contribution in [2.75, 3.05) is 11.1 Å². The monoisotopic (exact) mass is 338 g/mol. The number of amides is 1. The standard InChI is InChI=1S/C16H14N6OS/c1-10-7-11(2)22-15(18-10)20-21-16(22)24-9-14(23)19-13-5-3-12(8-17)4-6-13/h3-7H,9H2,1-2H3,(H,19,23). The van der Waals surface area contributed by atoms with Gasteiger partial charge < -0.3 is 5.32 Å². The topological polar surface area (TPSA) is 96.0 Å². The van der Waals surface area contributed by atoms with Gasteiger partial charge in [-0.2, -0.15) is 5.26 Å². The van der Waals surface area contributed by atoms with Crippen molar-refractivity contribution in [3.05, 3.63) is 47.3 Å². The summed E-state index contributed by atoms with van der Waals surface area (Å²) in [4.78, 5) is 16.4. The zero-order chi connectivity index (χ0) is 17.1. The fraction of sp³-hybridized carbons (Fsp3) is 0.188. The van der Waals surface area contributed by atoms with Crippen molar-refractivity contribution < 1.29 is 4.79 Å². The molecule has 7 nitrogen and oxygen atoms in total. The molecular weight excluding hydrogens is 324 g/mol. The number of nitrogens with one attached hydrogen (secondary N) is 1. The zero-order valence-corrected chi connectivity index (χ0v) is 14.0. The van der Waals surface area contributed by atoms with Gasteiger partial charge in [0.05, 0.1) is 17.4 Å². The molecule has 0 aliphatic heterocycles. The van der Waals surface area contributed by atoms with E-state index >= 15 is 0 Å². The molecule has 0 bridgehead atoms. The SMILES string of the molecule is Cc1cc(C)n2c(SCC(=O)Nc3ccc(C#N)cc3)nnc2n1. The highest BCUT2D eigenvalue weighted by molar-refractivity contribution is 7.99. The van der Waals surface area contributed by atoms with Gasteiger partial charge in [0.15, 0.2) is 5.16 Å². The number of aromatic nitrogens is 4. The highest BCUT2D eigenvalue weighted by Crippen LogP contribution is 2.19. The van der Waals surface area contributed by atoms with Crippen molar-refractivity contribution in [3.63, 3.8) is 0 Å². The molecule has 0 unspecified atom stereocenters. The normalized spacial score (nSPS) is 10.5. The van der Waals surface area contributed by atoms with Crippen LogP contribution in [0.25, 0.3) is 5.78 Å². The van der Waals surface area contributed by atoms with Crippen LogP contribution in [0.15, 0.2) is 35.5 Å². The Kier molecular flexibility index (Phi) is 4.44. The van der Waals surface area contributed by atoms with Crippen LogP contribution in [0.3, 0.4) is 0 Å². The Balaban J connectivity index is 1.67. The van der Waals surface area contributed by atoms with Gasteiger partial charge in [0.1, 0.15) is 0 Å². The Labute approximate surface area is 142 Å². The molecule has 1 amide bonds. The maximum absolute atomic E-state index is 12.1. The third-order valence-electron chi connectivity index (χ3n) is 3.29. The molecule has 2 heterocycles. The second-order valence-electron chi connectivity index (χ2n) is 5.18. The lowest BCUT2D eigenvalue weighted by Crippen LogP contribution is -2.14. The number of fused-ring (bicyclic) bond motifs is 1. The van der Waals surface area contributed by atoms with Gasteiger partial charge in [-0.3, -0.25) is 9.20 Å². The van der Waals surface area contributed by atoms with Gasteiger partial charge in [-0.1, -0.05) is 11.8 Å². The number of nitriles is 1. The maximum Gasteiger partial charge on any atom is 0.256 e. The molecule has 24 heavy (non-hydrogen) atoms. The van der Waals surface area contributed by atoms with Crippen molar-refractivity contribution in [2.24, 2.45) is 0 Å². The number of benzene rings is 1. The van der Waals surface area contributed by atoms with Gasteiger partial charge in [-0.05, 0) is 44.2 Å². The molecule has 0 radical (unpaired) electrons. The first kappa shape index (κ1) is 16.0. The Morgan fingerprint density at radius 3 is 2.75 bits per heavy atom. The minimum atomic E-state index is -0.154. The van der Waals surface area contributed by atoms with Gasteiger partial charge in [0, 0.05) is 17.1 Å². The Hall–Kier alpha value is -2.92. The second kappa shape index (κ2) is 6.68. The average molecular weight is 338 g/mol. The van der Waals surface area contributed by atoms with Crippen LogP contribution in [0.5, 0.6) is 0 Å². The lowest BCUT2D eigenvalue weighted by molar-refractivity contribution is -0.113. The molecule has 0 atom stereocenters. The largest absolute Gasteiger partial charge is 0.325 e. The molecule has 120 valence electrons. The maximum atomic E-state index is 12.1. The van der Waals surface area contributed by atoms with E-state index in [4.69, 9.17) is 5.26 Å². The number of thioether (sulfide) groups is 1. The summed E-state index contributed by atoms with van der Waals surface area (Å²) in [5.41, 5.74) is 3.05. The van der Waals surface area contributed by atoms with E-state index in [1.165, 1.54) is 11.8 Å². The summed E-state index contributed by atoms with van der Waals surface area (Å²) in [6, 6.07) is 10.7. The van der Waals surface area contributed by atoms with E-state index in [2.05, 4.69) is 20.5 Å². The number of hydrogen-bond acceptors (Lipinski definition) is 6. The molecule has 0 saturated heterocycles. The molecule has 3 aromatic rings. The predicted octanol–water partition coefficient (Wildman–Crippen LogP) is 2.34. The molecule has 0 saturated carbocycles. The number of anilines is 1. The fourth-order valence-electron chi connectivity index (χ4n) is 2.25. The van der Waals surface area contributed by atoms with Crippen molar-refractivity contribution in [2.45, 2.75) is 19.0 Å². The molecule has 0 spiro atoms. The van der Waals surface area contributed by atoms with Gasteiger partial charge in [0.2, 0.25) is 5.91 Å². The van der Waals surface area contributed by atoms with Crippen molar-refractivity contribution in [3.8, 4) is 6.07 Å². The molecule has 0 fully saturated rings. The minimum Gasteiger partial charge on any atom is -0.325 e. The van der Waals surface area contributed by atoms with E-state index in [1.54, 1.807) is 24.3 Å². The molecule has 1 N–H and O–H groups in total. The molecular formula is C16H14N6OS. The second-order valence-corrected chi connectivity index (χ2v) is 6.13. The van der Waals surface area contributed by atoms with Crippen LogP contribution < -0.4 is 5.32 Å². The zero-order valence-electron chi connectivity index (χ0n) is 13.1. The van der Waals surface area contributed by atoms with Crippen LogP contribution in [0.1, 0.15) is 17.0 Å². The van der Waals surface area contributed by atoms with Crippen LogP contribution in [0.4, 0.5) is 5.69 Å². The summed E-state index contributed by atoms with van der Waals surface area (Å²) in [5.74, 6) is 0.579. The first-order chi connectivity index (χ1) is 11.6. The first-order valence-corrected chi connectivity index (χ1v) is 8.17. The molecule has 1 aromatic carbocycles. The first-order valence-electron chi connectivity index (χ1n) is 7.19. The highest BCUT2D eigenvalue weighted by Gasteiger charge is 2.12. The van der Waals surface area contributed by atoms with Gasteiger partial charge >= 0.3 is 0 Å². The average Bonchev–Trinajstić information content (AvgIpc) is 2.97. The van der Waals surface area contributed by atoms with Crippen molar-refractivity contribution >= 4 is 29.1 Å². The number of hydrogen-bond donors (Lipinski definition) is 1. The van der Waals surface area contributed by atoms with Crippen molar-refractivity contribution in [1.82, 2.24) is 19.6 Å². The lowest BCUT2D eigenvalue weighted by atomic mass is 10.2. The summed E-state index contributed by atoms with van der Waals surface area (Å²) in [6.07, 6.45) is 0.